The summed E-state index contributed by atoms with van der Waals surface area (Å²) < 4.78 is 27.5. The Bertz CT molecular complexity index is 768. The van der Waals surface area contributed by atoms with Gasteiger partial charge in [0, 0.05) is 31.2 Å². The standard InChI is InChI=1S/C19H20F2N2O2/c1-12-7-14(11-23(12)10-13-5-3-2-4-6-13)22-18-8-15(19(24)25)16(20)9-17(18)21/h2-6,8-9,12,14,22H,7,10-11H2,1H3,(H,24,25). The van der Waals surface area contributed by atoms with Crippen LogP contribution in [0.3, 0.4) is 0 Å². The number of carbonyl (C=O) groups is 1. The molecule has 0 bridgehead atoms. The number of halogens is 2. The van der Waals surface area contributed by atoms with E-state index in [1.807, 2.05) is 18.2 Å². The first-order valence-electron chi connectivity index (χ1n) is 8.21. The molecular weight excluding hydrogens is 326 g/mol. The molecule has 6 heteroatoms. The Morgan fingerprint density at radius 1 is 1.24 bits per heavy atom. The number of benzene rings is 2. The van der Waals surface area contributed by atoms with Gasteiger partial charge in [-0.2, -0.15) is 0 Å². The Kier molecular flexibility index (Phi) is 4.99. The van der Waals surface area contributed by atoms with Gasteiger partial charge >= 0.3 is 5.97 Å². The SMILES string of the molecule is CC1CC(Nc2cc(C(=O)O)c(F)cc2F)CN1Cc1ccccc1. The summed E-state index contributed by atoms with van der Waals surface area (Å²) in [7, 11) is 0. The quantitative estimate of drug-likeness (QED) is 0.866. The number of carboxylic acids is 1. The fraction of sp³-hybridized carbons (Fsp3) is 0.316. The lowest BCUT2D eigenvalue weighted by atomic mass is 10.1. The Labute approximate surface area is 145 Å². The van der Waals surface area contributed by atoms with Crippen LogP contribution in [0.25, 0.3) is 0 Å². The highest BCUT2D eigenvalue weighted by atomic mass is 19.1. The van der Waals surface area contributed by atoms with Crippen molar-refractivity contribution < 1.29 is 18.7 Å². The molecule has 2 aromatic rings. The summed E-state index contributed by atoms with van der Waals surface area (Å²) in [5, 5.41) is 12.0. The molecule has 0 radical (unpaired) electrons. The molecule has 0 amide bonds. The highest BCUT2D eigenvalue weighted by Gasteiger charge is 2.29. The van der Waals surface area contributed by atoms with Gasteiger partial charge in [0.2, 0.25) is 0 Å². The third kappa shape index (κ3) is 3.96. The lowest BCUT2D eigenvalue weighted by molar-refractivity contribution is 0.0692. The first kappa shape index (κ1) is 17.4. The molecule has 1 aliphatic rings. The Balaban J connectivity index is 1.70. The van der Waals surface area contributed by atoms with Crippen molar-refractivity contribution in [3.8, 4) is 0 Å². The van der Waals surface area contributed by atoms with Crippen LogP contribution in [0.2, 0.25) is 0 Å². The van der Waals surface area contributed by atoms with Crippen molar-refractivity contribution in [2.75, 3.05) is 11.9 Å². The number of hydrogen-bond acceptors (Lipinski definition) is 3. The summed E-state index contributed by atoms with van der Waals surface area (Å²) in [5.74, 6) is -3.26. The van der Waals surface area contributed by atoms with Crippen LogP contribution < -0.4 is 5.32 Å². The molecule has 1 aliphatic heterocycles. The number of likely N-dealkylation sites (tertiary alicyclic amines) is 1. The van der Waals surface area contributed by atoms with Crippen molar-refractivity contribution in [1.82, 2.24) is 4.90 Å². The maximum absolute atomic E-state index is 14.0. The van der Waals surface area contributed by atoms with Gasteiger partial charge in [0.15, 0.2) is 0 Å². The molecule has 0 aliphatic carbocycles. The molecule has 0 spiro atoms. The molecule has 0 saturated carbocycles. The van der Waals surface area contributed by atoms with Gasteiger partial charge in [-0.15, -0.1) is 0 Å². The van der Waals surface area contributed by atoms with Gasteiger partial charge in [0.25, 0.3) is 0 Å². The van der Waals surface area contributed by atoms with Gasteiger partial charge in [0.1, 0.15) is 11.6 Å². The normalized spacial score (nSPS) is 20.6. The van der Waals surface area contributed by atoms with E-state index in [4.69, 9.17) is 5.11 Å². The highest BCUT2D eigenvalue weighted by molar-refractivity contribution is 5.89. The van der Waals surface area contributed by atoms with E-state index in [1.165, 1.54) is 5.56 Å². The molecule has 132 valence electrons. The van der Waals surface area contributed by atoms with E-state index in [9.17, 15) is 13.6 Å². The Morgan fingerprint density at radius 2 is 1.96 bits per heavy atom. The molecule has 0 aromatic heterocycles. The van der Waals surface area contributed by atoms with Crippen molar-refractivity contribution >= 4 is 11.7 Å². The summed E-state index contributed by atoms with van der Waals surface area (Å²) in [6.45, 7) is 3.61. The minimum Gasteiger partial charge on any atom is -0.478 e. The van der Waals surface area contributed by atoms with E-state index in [2.05, 4.69) is 29.3 Å². The van der Waals surface area contributed by atoms with Gasteiger partial charge in [-0.3, -0.25) is 4.90 Å². The number of carboxylic acid groups (broad SMARTS) is 1. The van der Waals surface area contributed by atoms with Gasteiger partial charge in [-0.1, -0.05) is 30.3 Å². The zero-order valence-corrected chi connectivity index (χ0v) is 13.9. The predicted octanol–water partition coefficient (Wildman–Crippen LogP) is 3.74. The molecule has 1 saturated heterocycles. The Hall–Kier alpha value is -2.47. The molecule has 1 fully saturated rings. The summed E-state index contributed by atoms with van der Waals surface area (Å²) >= 11 is 0. The molecule has 2 N–H and O–H groups in total. The maximum Gasteiger partial charge on any atom is 0.338 e. The van der Waals surface area contributed by atoms with Gasteiger partial charge in [-0.25, -0.2) is 13.6 Å². The van der Waals surface area contributed by atoms with Crippen LogP contribution in [0, 0.1) is 11.6 Å². The molecule has 2 aromatic carbocycles. The maximum atomic E-state index is 14.0. The van der Waals surface area contributed by atoms with Crippen molar-refractivity contribution in [2.24, 2.45) is 0 Å². The molecule has 3 rings (SSSR count). The molecule has 2 atom stereocenters. The average molecular weight is 346 g/mol. The molecular formula is C19H20F2N2O2. The summed E-state index contributed by atoms with van der Waals surface area (Å²) in [6, 6.07) is 12.0. The van der Waals surface area contributed by atoms with E-state index in [0.29, 0.717) is 18.7 Å². The van der Waals surface area contributed by atoms with Gasteiger partial charge in [-0.05, 0) is 25.0 Å². The largest absolute Gasteiger partial charge is 0.478 e. The number of hydrogen-bond donors (Lipinski definition) is 2. The number of rotatable bonds is 5. The van der Waals surface area contributed by atoms with Crippen LogP contribution in [0.4, 0.5) is 14.5 Å². The van der Waals surface area contributed by atoms with E-state index in [0.717, 1.165) is 19.0 Å². The zero-order chi connectivity index (χ0) is 18.0. The fourth-order valence-electron chi connectivity index (χ4n) is 3.28. The summed E-state index contributed by atoms with van der Waals surface area (Å²) in [5.41, 5.74) is 0.699. The first-order chi connectivity index (χ1) is 11.9. The van der Waals surface area contributed by atoms with E-state index < -0.39 is 23.2 Å². The number of nitrogens with one attached hydrogen (secondary N) is 1. The predicted molar refractivity (Wildman–Crippen MR) is 91.7 cm³/mol. The third-order valence-electron chi connectivity index (χ3n) is 4.58. The topological polar surface area (TPSA) is 52.6 Å². The monoisotopic (exact) mass is 346 g/mol. The van der Waals surface area contributed by atoms with Crippen LogP contribution in [0.15, 0.2) is 42.5 Å². The highest BCUT2D eigenvalue weighted by Crippen LogP contribution is 2.26. The number of nitrogens with zero attached hydrogens (tertiary/aromatic N) is 1. The lowest BCUT2D eigenvalue weighted by Crippen LogP contribution is -2.28. The Morgan fingerprint density at radius 3 is 2.64 bits per heavy atom. The van der Waals surface area contributed by atoms with Gasteiger partial charge < -0.3 is 10.4 Å². The van der Waals surface area contributed by atoms with Crippen molar-refractivity contribution in [3.63, 3.8) is 0 Å². The van der Waals surface area contributed by atoms with Gasteiger partial charge in [0.05, 0.1) is 11.3 Å². The van der Waals surface area contributed by atoms with Crippen molar-refractivity contribution in [1.29, 1.82) is 0 Å². The average Bonchev–Trinajstić information content (AvgIpc) is 2.90. The fourth-order valence-corrected chi connectivity index (χ4v) is 3.28. The molecule has 1 heterocycles. The van der Waals surface area contributed by atoms with Crippen LogP contribution in [0.5, 0.6) is 0 Å². The van der Waals surface area contributed by atoms with Crippen molar-refractivity contribution in [3.05, 3.63) is 65.2 Å². The first-order valence-corrected chi connectivity index (χ1v) is 8.21. The third-order valence-corrected chi connectivity index (χ3v) is 4.58. The van der Waals surface area contributed by atoms with Crippen molar-refractivity contribution in [2.45, 2.75) is 32.0 Å². The minimum absolute atomic E-state index is 0.0255. The second kappa shape index (κ2) is 7.19. The number of aromatic carboxylic acids is 1. The second-order valence-corrected chi connectivity index (χ2v) is 6.46. The van der Waals surface area contributed by atoms with Crippen LogP contribution in [-0.4, -0.2) is 34.6 Å². The molecule has 25 heavy (non-hydrogen) atoms. The minimum atomic E-state index is -1.41. The smallest absolute Gasteiger partial charge is 0.338 e. The molecule has 4 nitrogen and oxygen atoms in total. The number of anilines is 1. The van der Waals surface area contributed by atoms with E-state index >= 15 is 0 Å². The summed E-state index contributed by atoms with van der Waals surface area (Å²) in [4.78, 5) is 13.3. The van der Waals surface area contributed by atoms with Crippen LogP contribution in [-0.2, 0) is 6.54 Å². The zero-order valence-electron chi connectivity index (χ0n) is 13.9. The lowest BCUT2D eigenvalue weighted by Gasteiger charge is -2.21. The van der Waals surface area contributed by atoms with E-state index in [-0.39, 0.29) is 11.7 Å². The van der Waals surface area contributed by atoms with Crippen LogP contribution >= 0.6 is 0 Å². The van der Waals surface area contributed by atoms with Crippen LogP contribution in [0.1, 0.15) is 29.3 Å². The summed E-state index contributed by atoms with van der Waals surface area (Å²) in [6.07, 6.45) is 0.798. The van der Waals surface area contributed by atoms with E-state index in [1.54, 1.807) is 0 Å². The second-order valence-electron chi connectivity index (χ2n) is 6.46. The molecule has 2 unspecified atom stereocenters.